The molecule has 8 nitrogen and oxygen atoms in total. The number of piperazine rings is 1. The minimum Gasteiger partial charge on any atom is -0.444 e. The Morgan fingerprint density at radius 3 is 2.76 bits per heavy atom. The molecule has 1 unspecified atom stereocenters. The molecule has 2 fully saturated rings. The highest BCUT2D eigenvalue weighted by Gasteiger charge is 2.55. The molecule has 1 amide bonds. The Morgan fingerprint density at radius 2 is 2.03 bits per heavy atom. The molecular weight excluding hydrogens is 438 g/mol. The van der Waals surface area contributed by atoms with Crippen molar-refractivity contribution in [2.75, 3.05) is 18.0 Å². The molecular formula is C20H24BrN5O3. The summed E-state index contributed by atoms with van der Waals surface area (Å²) in [5.41, 5.74) is 2.66. The third-order valence-corrected chi connectivity index (χ3v) is 6.89. The monoisotopic (exact) mass is 461 g/mol. The number of H-pyrrole nitrogens is 1. The van der Waals surface area contributed by atoms with Gasteiger partial charge < -0.3 is 19.5 Å². The SMILES string of the molecule is Cc1nc2[nH]c3c(c(=O)c2nc1Br)N1CCN(C(=O)OC(C)(C)C)[C@H]2CC(C3)[C@@H]21. The second-order valence-corrected chi connectivity index (χ2v) is 9.95. The Kier molecular flexibility index (Phi) is 4.01. The number of aryl methyl sites for hydroxylation is 1. The van der Waals surface area contributed by atoms with Gasteiger partial charge in [-0.1, -0.05) is 0 Å². The Labute approximate surface area is 176 Å². The van der Waals surface area contributed by atoms with Crippen molar-refractivity contribution in [2.45, 2.75) is 58.2 Å². The molecule has 3 atom stereocenters. The van der Waals surface area contributed by atoms with Crippen LogP contribution in [0.5, 0.6) is 0 Å². The number of nitrogens with zero attached hydrogens (tertiary/aromatic N) is 4. The Hall–Kier alpha value is -2.16. The normalized spacial score (nSPS) is 25.3. The number of halogens is 1. The van der Waals surface area contributed by atoms with Crippen molar-refractivity contribution in [2.24, 2.45) is 5.92 Å². The van der Waals surface area contributed by atoms with E-state index in [4.69, 9.17) is 4.74 Å². The molecule has 1 aliphatic carbocycles. The average Bonchev–Trinajstić information content (AvgIpc) is 2.60. The molecule has 0 bridgehead atoms. The lowest BCUT2D eigenvalue weighted by Crippen LogP contribution is -2.72. The first kappa shape index (κ1) is 18.8. The highest BCUT2D eigenvalue weighted by Crippen LogP contribution is 2.46. The number of aromatic nitrogens is 3. The van der Waals surface area contributed by atoms with Crippen molar-refractivity contribution in [3.63, 3.8) is 0 Å². The minimum absolute atomic E-state index is 0.0858. The molecule has 2 aromatic heterocycles. The quantitative estimate of drug-likeness (QED) is 0.648. The van der Waals surface area contributed by atoms with Crippen molar-refractivity contribution in [1.29, 1.82) is 0 Å². The predicted octanol–water partition coefficient (Wildman–Crippen LogP) is 2.76. The lowest BCUT2D eigenvalue weighted by atomic mass is 9.67. The molecule has 2 aromatic rings. The van der Waals surface area contributed by atoms with Gasteiger partial charge in [-0.05, 0) is 62.4 Å². The van der Waals surface area contributed by atoms with Gasteiger partial charge >= 0.3 is 6.09 Å². The number of carbonyl (C=O) groups excluding carboxylic acids is 1. The molecule has 1 N–H and O–H groups in total. The van der Waals surface area contributed by atoms with Gasteiger partial charge in [0, 0.05) is 18.8 Å². The zero-order chi connectivity index (χ0) is 20.7. The number of hydrogen-bond acceptors (Lipinski definition) is 6. The number of amides is 1. The predicted molar refractivity (Wildman–Crippen MR) is 112 cm³/mol. The summed E-state index contributed by atoms with van der Waals surface area (Å²) in [6.45, 7) is 8.66. The zero-order valence-electron chi connectivity index (χ0n) is 17.0. The molecule has 0 radical (unpaired) electrons. The van der Waals surface area contributed by atoms with E-state index in [2.05, 4.69) is 35.8 Å². The Bertz CT molecular complexity index is 1090. The fraction of sp³-hybridized carbons (Fsp3) is 0.600. The molecule has 4 heterocycles. The lowest BCUT2D eigenvalue weighted by Gasteiger charge is -2.60. The fourth-order valence-electron chi connectivity index (χ4n) is 4.93. The Morgan fingerprint density at radius 1 is 1.28 bits per heavy atom. The molecule has 0 spiro atoms. The van der Waals surface area contributed by atoms with Crippen LogP contribution in [0.1, 0.15) is 38.6 Å². The third kappa shape index (κ3) is 2.85. The second-order valence-electron chi connectivity index (χ2n) is 9.20. The van der Waals surface area contributed by atoms with Crippen LogP contribution in [0.2, 0.25) is 0 Å². The van der Waals surface area contributed by atoms with Gasteiger partial charge in [0.1, 0.15) is 15.9 Å². The standard InChI is InChI=1S/C20H24BrN5O3/c1-9-17(21)24-13-16(27)15-11(23-18(13)22-9)7-10-8-12-14(10)26(15)6-5-25(12)19(28)29-20(2,3)4/h10,12,14H,5-8H2,1-4H3,(H,22,23,27)/t10?,12-,14-/m0/s1. The number of rotatable bonds is 0. The van der Waals surface area contributed by atoms with E-state index < -0.39 is 5.60 Å². The van der Waals surface area contributed by atoms with Gasteiger partial charge in [-0.3, -0.25) is 4.79 Å². The highest BCUT2D eigenvalue weighted by atomic mass is 79.9. The van der Waals surface area contributed by atoms with E-state index in [1.165, 1.54) is 0 Å². The smallest absolute Gasteiger partial charge is 0.410 e. The first-order valence-electron chi connectivity index (χ1n) is 9.99. The summed E-state index contributed by atoms with van der Waals surface area (Å²) in [6, 6.07) is 0.242. The summed E-state index contributed by atoms with van der Waals surface area (Å²) in [5, 5.41) is 0. The summed E-state index contributed by atoms with van der Waals surface area (Å²) in [7, 11) is 0. The summed E-state index contributed by atoms with van der Waals surface area (Å²) in [6.07, 6.45) is 1.45. The summed E-state index contributed by atoms with van der Waals surface area (Å²) in [5.74, 6) is 0.412. The molecule has 0 aromatic carbocycles. The van der Waals surface area contributed by atoms with Gasteiger partial charge in [0.25, 0.3) is 0 Å². The second kappa shape index (κ2) is 6.17. The van der Waals surface area contributed by atoms with E-state index in [9.17, 15) is 9.59 Å². The molecule has 9 heteroatoms. The van der Waals surface area contributed by atoms with E-state index in [0.29, 0.717) is 40.5 Å². The maximum atomic E-state index is 13.3. The van der Waals surface area contributed by atoms with Crippen LogP contribution in [0.15, 0.2) is 9.40 Å². The van der Waals surface area contributed by atoms with E-state index in [1.807, 2.05) is 32.6 Å². The number of anilines is 1. The average molecular weight is 462 g/mol. The van der Waals surface area contributed by atoms with E-state index in [0.717, 1.165) is 24.2 Å². The lowest BCUT2D eigenvalue weighted by molar-refractivity contribution is -0.0221. The molecule has 1 saturated carbocycles. The summed E-state index contributed by atoms with van der Waals surface area (Å²) >= 11 is 3.38. The topological polar surface area (TPSA) is 91.4 Å². The molecule has 3 aliphatic rings. The van der Waals surface area contributed by atoms with Crippen LogP contribution < -0.4 is 10.3 Å². The van der Waals surface area contributed by atoms with Crippen molar-refractivity contribution in [1.82, 2.24) is 19.9 Å². The number of hydrogen-bond donors (Lipinski definition) is 1. The van der Waals surface area contributed by atoms with Gasteiger partial charge in [0.15, 0.2) is 11.2 Å². The number of aromatic amines is 1. The summed E-state index contributed by atoms with van der Waals surface area (Å²) in [4.78, 5) is 42.3. The van der Waals surface area contributed by atoms with Crippen molar-refractivity contribution in [3.05, 3.63) is 26.2 Å². The maximum Gasteiger partial charge on any atom is 0.410 e. The molecule has 29 heavy (non-hydrogen) atoms. The van der Waals surface area contributed by atoms with Gasteiger partial charge in [-0.15, -0.1) is 0 Å². The van der Waals surface area contributed by atoms with Gasteiger partial charge in [-0.25, -0.2) is 14.8 Å². The van der Waals surface area contributed by atoms with Crippen LogP contribution in [0, 0.1) is 12.8 Å². The van der Waals surface area contributed by atoms with E-state index in [-0.39, 0.29) is 23.6 Å². The van der Waals surface area contributed by atoms with Crippen LogP contribution in [-0.4, -0.2) is 56.7 Å². The van der Waals surface area contributed by atoms with Gasteiger partial charge in [0.2, 0.25) is 5.43 Å². The summed E-state index contributed by atoms with van der Waals surface area (Å²) < 4.78 is 6.19. The van der Waals surface area contributed by atoms with Crippen LogP contribution in [0.3, 0.4) is 0 Å². The van der Waals surface area contributed by atoms with Crippen LogP contribution >= 0.6 is 15.9 Å². The van der Waals surface area contributed by atoms with Crippen LogP contribution in [0.25, 0.3) is 11.2 Å². The van der Waals surface area contributed by atoms with Crippen molar-refractivity contribution >= 4 is 38.9 Å². The zero-order valence-corrected chi connectivity index (χ0v) is 18.5. The maximum absolute atomic E-state index is 13.3. The van der Waals surface area contributed by atoms with E-state index >= 15 is 0 Å². The van der Waals surface area contributed by atoms with Crippen LogP contribution in [-0.2, 0) is 11.2 Å². The molecule has 1 saturated heterocycles. The number of pyridine rings is 1. The Balaban J connectivity index is 1.52. The third-order valence-electron chi connectivity index (χ3n) is 6.14. The van der Waals surface area contributed by atoms with Gasteiger partial charge in [-0.2, -0.15) is 0 Å². The fourth-order valence-corrected chi connectivity index (χ4v) is 5.20. The largest absolute Gasteiger partial charge is 0.444 e. The van der Waals surface area contributed by atoms with E-state index in [1.54, 1.807) is 0 Å². The van der Waals surface area contributed by atoms with Crippen molar-refractivity contribution in [3.8, 4) is 0 Å². The number of nitrogens with one attached hydrogen (secondary N) is 1. The van der Waals surface area contributed by atoms with Crippen molar-refractivity contribution < 1.29 is 9.53 Å². The van der Waals surface area contributed by atoms with Gasteiger partial charge in [0.05, 0.1) is 17.8 Å². The first-order valence-corrected chi connectivity index (χ1v) is 10.8. The molecule has 154 valence electrons. The molecule has 5 rings (SSSR count). The highest BCUT2D eigenvalue weighted by molar-refractivity contribution is 9.10. The minimum atomic E-state index is -0.517. The molecule has 2 aliphatic heterocycles. The van der Waals surface area contributed by atoms with Crippen LogP contribution in [0.4, 0.5) is 10.5 Å². The number of fused-ring (bicyclic) bond motifs is 3. The number of ether oxygens (including phenoxy) is 1. The number of carbonyl (C=O) groups is 1. The first-order chi connectivity index (χ1) is 13.6.